The normalized spacial score (nSPS) is 18.8. The number of nitrogens with zero attached hydrogens (tertiary/aromatic N) is 2. The van der Waals surface area contributed by atoms with Gasteiger partial charge in [-0.05, 0) is 24.1 Å². The van der Waals surface area contributed by atoms with Gasteiger partial charge < -0.3 is 15.0 Å². The number of morpholine rings is 1. The minimum Gasteiger partial charge on any atom is -0.369 e. The average molecular weight is 263 g/mol. The van der Waals surface area contributed by atoms with E-state index in [0.717, 1.165) is 12.0 Å². The molecule has 0 bridgehead atoms. The van der Waals surface area contributed by atoms with Crippen LogP contribution >= 0.6 is 0 Å². The Hall–Kier alpha value is -1.95. The first kappa shape index (κ1) is 13.5. The van der Waals surface area contributed by atoms with Gasteiger partial charge in [0.15, 0.2) is 0 Å². The molecule has 0 radical (unpaired) electrons. The standard InChI is InChI=1S/C13H17N3O3/c1-16(7-4-10-2-5-14-6-3-10)13(18)11-8-19-9-12(17)15-11/h2-3,5-6,11H,4,7-9H2,1H3,(H,15,17). The summed E-state index contributed by atoms with van der Waals surface area (Å²) >= 11 is 0. The van der Waals surface area contributed by atoms with Gasteiger partial charge in [0.1, 0.15) is 12.6 Å². The van der Waals surface area contributed by atoms with E-state index in [9.17, 15) is 9.59 Å². The lowest BCUT2D eigenvalue weighted by Crippen LogP contribution is -2.54. The number of amides is 2. The molecule has 2 amide bonds. The highest BCUT2D eigenvalue weighted by atomic mass is 16.5. The van der Waals surface area contributed by atoms with Crippen LogP contribution in [0.15, 0.2) is 24.5 Å². The number of carbonyl (C=O) groups excluding carboxylic acids is 2. The maximum Gasteiger partial charge on any atom is 0.247 e. The fourth-order valence-electron chi connectivity index (χ4n) is 1.90. The number of aromatic nitrogens is 1. The van der Waals surface area contributed by atoms with Crippen molar-refractivity contribution in [2.45, 2.75) is 12.5 Å². The van der Waals surface area contributed by atoms with Crippen LogP contribution in [0.2, 0.25) is 0 Å². The highest BCUT2D eigenvalue weighted by molar-refractivity contribution is 5.88. The summed E-state index contributed by atoms with van der Waals surface area (Å²) in [5, 5.41) is 2.63. The van der Waals surface area contributed by atoms with E-state index in [2.05, 4.69) is 10.3 Å². The van der Waals surface area contributed by atoms with Crippen LogP contribution in [0.4, 0.5) is 0 Å². The quantitative estimate of drug-likeness (QED) is 0.802. The van der Waals surface area contributed by atoms with Gasteiger partial charge in [0.25, 0.3) is 0 Å². The van der Waals surface area contributed by atoms with Crippen molar-refractivity contribution < 1.29 is 14.3 Å². The van der Waals surface area contributed by atoms with Crippen LogP contribution in [0, 0.1) is 0 Å². The van der Waals surface area contributed by atoms with Crippen LogP contribution in [-0.4, -0.2) is 54.5 Å². The molecule has 6 nitrogen and oxygen atoms in total. The van der Waals surface area contributed by atoms with E-state index in [1.54, 1.807) is 24.3 Å². The first-order valence-electron chi connectivity index (χ1n) is 6.18. The number of rotatable bonds is 4. The van der Waals surface area contributed by atoms with E-state index < -0.39 is 6.04 Å². The molecule has 1 N–H and O–H groups in total. The Morgan fingerprint density at radius 2 is 2.26 bits per heavy atom. The topological polar surface area (TPSA) is 71.5 Å². The van der Waals surface area contributed by atoms with E-state index in [1.165, 1.54) is 0 Å². The molecule has 102 valence electrons. The van der Waals surface area contributed by atoms with Crippen LogP contribution in [0.1, 0.15) is 5.56 Å². The van der Waals surface area contributed by atoms with Gasteiger partial charge in [0.05, 0.1) is 6.61 Å². The summed E-state index contributed by atoms with van der Waals surface area (Å²) in [6.45, 7) is 0.865. The highest BCUT2D eigenvalue weighted by Gasteiger charge is 2.27. The second-order valence-electron chi connectivity index (χ2n) is 4.50. The van der Waals surface area contributed by atoms with Crippen molar-refractivity contribution in [1.82, 2.24) is 15.2 Å². The molecule has 0 spiro atoms. The molecule has 0 aliphatic carbocycles. The fraction of sp³-hybridized carbons (Fsp3) is 0.462. The third kappa shape index (κ3) is 3.75. The van der Waals surface area contributed by atoms with Crippen molar-refractivity contribution in [2.75, 3.05) is 26.8 Å². The molecule has 1 aliphatic rings. The number of nitrogens with one attached hydrogen (secondary N) is 1. The average Bonchev–Trinajstić information content (AvgIpc) is 2.45. The lowest BCUT2D eigenvalue weighted by molar-refractivity contribution is -0.143. The molecule has 1 unspecified atom stereocenters. The van der Waals surface area contributed by atoms with Crippen molar-refractivity contribution in [3.8, 4) is 0 Å². The number of ether oxygens (including phenoxy) is 1. The largest absolute Gasteiger partial charge is 0.369 e. The zero-order chi connectivity index (χ0) is 13.7. The molecule has 6 heteroatoms. The fourth-order valence-corrected chi connectivity index (χ4v) is 1.90. The molecule has 1 atom stereocenters. The van der Waals surface area contributed by atoms with Gasteiger partial charge in [-0.25, -0.2) is 0 Å². The van der Waals surface area contributed by atoms with Crippen LogP contribution in [-0.2, 0) is 20.7 Å². The lowest BCUT2D eigenvalue weighted by Gasteiger charge is -2.27. The van der Waals surface area contributed by atoms with Gasteiger partial charge >= 0.3 is 0 Å². The lowest BCUT2D eigenvalue weighted by atomic mass is 10.2. The molecule has 1 aromatic rings. The first-order valence-corrected chi connectivity index (χ1v) is 6.18. The first-order chi connectivity index (χ1) is 9.16. The van der Waals surface area contributed by atoms with E-state index in [0.29, 0.717) is 6.54 Å². The van der Waals surface area contributed by atoms with Gasteiger partial charge in [0.2, 0.25) is 11.8 Å². The summed E-state index contributed by atoms with van der Waals surface area (Å²) in [6.07, 6.45) is 4.21. The molecule has 2 heterocycles. The summed E-state index contributed by atoms with van der Waals surface area (Å²) in [6, 6.07) is 3.27. The van der Waals surface area contributed by atoms with E-state index in [1.807, 2.05) is 12.1 Å². The molecule has 1 aromatic heterocycles. The molecule has 1 aliphatic heterocycles. The second kappa shape index (κ2) is 6.29. The number of hydrogen-bond donors (Lipinski definition) is 1. The van der Waals surface area contributed by atoms with E-state index in [-0.39, 0.29) is 25.0 Å². The molecular weight excluding hydrogens is 246 g/mol. The number of likely N-dealkylation sites (N-methyl/N-ethyl adjacent to an activating group) is 1. The zero-order valence-corrected chi connectivity index (χ0v) is 10.8. The SMILES string of the molecule is CN(CCc1ccncc1)C(=O)C1COCC(=O)N1. The van der Waals surface area contributed by atoms with E-state index in [4.69, 9.17) is 4.74 Å². The number of carbonyl (C=O) groups is 2. The highest BCUT2D eigenvalue weighted by Crippen LogP contribution is 2.02. The minimum absolute atomic E-state index is 0.0323. The van der Waals surface area contributed by atoms with Crippen LogP contribution in [0.5, 0.6) is 0 Å². The predicted molar refractivity (Wildman–Crippen MR) is 68.3 cm³/mol. The van der Waals surface area contributed by atoms with Gasteiger partial charge in [0, 0.05) is 26.0 Å². The van der Waals surface area contributed by atoms with Crippen LogP contribution in [0.25, 0.3) is 0 Å². The monoisotopic (exact) mass is 263 g/mol. The third-order valence-corrected chi connectivity index (χ3v) is 3.01. The summed E-state index contributed by atoms with van der Waals surface area (Å²) in [5.41, 5.74) is 1.12. The van der Waals surface area contributed by atoms with Gasteiger partial charge in [-0.3, -0.25) is 14.6 Å². The van der Waals surface area contributed by atoms with E-state index >= 15 is 0 Å². The maximum atomic E-state index is 12.1. The van der Waals surface area contributed by atoms with Crippen LogP contribution < -0.4 is 5.32 Å². The summed E-state index contributed by atoms with van der Waals surface area (Å²) in [5.74, 6) is -0.366. The van der Waals surface area contributed by atoms with Crippen molar-refractivity contribution in [3.63, 3.8) is 0 Å². The molecular formula is C13H17N3O3. The molecule has 0 saturated carbocycles. The van der Waals surface area contributed by atoms with Crippen molar-refractivity contribution in [1.29, 1.82) is 0 Å². The van der Waals surface area contributed by atoms with Crippen molar-refractivity contribution in [2.24, 2.45) is 0 Å². The maximum absolute atomic E-state index is 12.1. The predicted octanol–water partition coefficient (Wildman–Crippen LogP) is -0.402. The molecule has 1 saturated heterocycles. The summed E-state index contributed by atoms with van der Waals surface area (Å²) in [7, 11) is 1.73. The molecule has 19 heavy (non-hydrogen) atoms. The number of hydrogen-bond acceptors (Lipinski definition) is 4. The summed E-state index contributed by atoms with van der Waals surface area (Å²) < 4.78 is 5.06. The Labute approximate surface area is 111 Å². The van der Waals surface area contributed by atoms with Crippen molar-refractivity contribution >= 4 is 11.8 Å². The molecule has 1 fully saturated rings. The van der Waals surface area contributed by atoms with Crippen LogP contribution in [0.3, 0.4) is 0 Å². The number of pyridine rings is 1. The Balaban J connectivity index is 1.83. The Morgan fingerprint density at radius 1 is 1.53 bits per heavy atom. The van der Waals surface area contributed by atoms with Gasteiger partial charge in [-0.15, -0.1) is 0 Å². The Bertz CT molecular complexity index is 450. The van der Waals surface area contributed by atoms with Gasteiger partial charge in [-0.1, -0.05) is 0 Å². The smallest absolute Gasteiger partial charge is 0.247 e. The zero-order valence-electron chi connectivity index (χ0n) is 10.8. The molecule has 0 aromatic carbocycles. The van der Waals surface area contributed by atoms with Crippen molar-refractivity contribution in [3.05, 3.63) is 30.1 Å². The second-order valence-corrected chi connectivity index (χ2v) is 4.50. The Kier molecular flexibility index (Phi) is 4.46. The molecule has 2 rings (SSSR count). The third-order valence-electron chi connectivity index (χ3n) is 3.01. The minimum atomic E-state index is -0.566. The summed E-state index contributed by atoms with van der Waals surface area (Å²) in [4.78, 5) is 28.8. The Morgan fingerprint density at radius 3 is 2.95 bits per heavy atom. The van der Waals surface area contributed by atoms with Gasteiger partial charge in [-0.2, -0.15) is 0 Å².